The number of carbonyl (C=O) groups excluding carboxylic acids is 2. The van der Waals surface area contributed by atoms with Crippen LogP contribution >= 0.6 is 23.5 Å². The van der Waals surface area contributed by atoms with Crippen molar-refractivity contribution in [3.05, 3.63) is 35.9 Å². The van der Waals surface area contributed by atoms with Gasteiger partial charge in [0.2, 0.25) is 15.9 Å². The Morgan fingerprint density at radius 3 is 2.11 bits per heavy atom. The van der Waals surface area contributed by atoms with Crippen LogP contribution in [0.25, 0.3) is 0 Å². The fourth-order valence-electron chi connectivity index (χ4n) is 2.41. The van der Waals surface area contributed by atoms with E-state index >= 15 is 0 Å². The number of amides is 2. The fourth-order valence-corrected chi connectivity index (χ4v) is 4.72. The highest BCUT2D eigenvalue weighted by molar-refractivity contribution is 7.98. The standard InChI is InChI=1S/C17H28N4O4S3/c1-26-10-8-14(17(23)20-18)19-16(22)15(9-11-27-2)21-28(24,25)12-13-6-4-3-5-7-13/h3-7,14-15,21H,8-12,18H2,1-2H3,(H,19,22)(H,20,23)/t14-,15-/m0/s1. The van der Waals surface area contributed by atoms with Crippen molar-refractivity contribution in [1.82, 2.24) is 15.5 Å². The van der Waals surface area contributed by atoms with Gasteiger partial charge in [-0.3, -0.25) is 15.0 Å². The minimum absolute atomic E-state index is 0.226. The van der Waals surface area contributed by atoms with Gasteiger partial charge >= 0.3 is 0 Å². The highest BCUT2D eigenvalue weighted by Crippen LogP contribution is 2.09. The van der Waals surface area contributed by atoms with E-state index in [9.17, 15) is 18.0 Å². The maximum atomic E-state index is 12.7. The Morgan fingerprint density at radius 2 is 1.57 bits per heavy atom. The molecule has 1 aromatic rings. The molecule has 0 spiro atoms. The third-order valence-corrected chi connectivity index (χ3v) is 6.48. The zero-order chi connectivity index (χ0) is 21.0. The van der Waals surface area contributed by atoms with E-state index < -0.39 is 33.9 Å². The zero-order valence-corrected chi connectivity index (χ0v) is 18.5. The van der Waals surface area contributed by atoms with Gasteiger partial charge in [0, 0.05) is 0 Å². The Kier molecular flexibility index (Phi) is 11.5. The summed E-state index contributed by atoms with van der Waals surface area (Å²) in [4.78, 5) is 24.6. The molecular weight excluding hydrogens is 420 g/mol. The topological polar surface area (TPSA) is 130 Å². The van der Waals surface area contributed by atoms with Gasteiger partial charge in [-0.15, -0.1) is 0 Å². The van der Waals surface area contributed by atoms with Crippen molar-refractivity contribution in [2.24, 2.45) is 5.84 Å². The molecule has 0 saturated carbocycles. The van der Waals surface area contributed by atoms with Crippen molar-refractivity contribution in [2.45, 2.75) is 30.7 Å². The molecule has 2 amide bonds. The van der Waals surface area contributed by atoms with Crippen molar-refractivity contribution in [1.29, 1.82) is 0 Å². The molecule has 1 rings (SSSR count). The predicted octanol–water partition coefficient (Wildman–Crippen LogP) is 0.456. The second kappa shape index (κ2) is 13.0. The van der Waals surface area contributed by atoms with Gasteiger partial charge in [-0.25, -0.2) is 19.0 Å². The molecule has 0 heterocycles. The maximum absolute atomic E-state index is 12.7. The van der Waals surface area contributed by atoms with Gasteiger partial charge < -0.3 is 5.32 Å². The number of rotatable bonds is 13. The molecule has 1 aromatic carbocycles. The number of sulfonamides is 1. The minimum atomic E-state index is -3.74. The average Bonchev–Trinajstić information content (AvgIpc) is 2.67. The number of nitrogens with two attached hydrogens (primary N) is 1. The first-order chi connectivity index (χ1) is 13.3. The molecule has 0 aliphatic heterocycles. The van der Waals surface area contributed by atoms with Crippen LogP contribution in [0.3, 0.4) is 0 Å². The first kappa shape index (κ1) is 24.8. The predicted molar refractivity (Wildman–Crippen MR) is 116 cm³/mol. The molecule has 11 heteroatoms. The monoisotopic (exact) mass is 448 g/mol. The Labute approximate surface area is 175 Å². The lowest BCUT2D eigenvalue weighted by molar-refractivity contribution is -0.129. The number of thioether (sulfide) groups is 2. The molecule has 0 aliphatic carbocycles. The highest BCUT2D eigenvalue weighted by Gasteiger charge is 2.28. The molecule has 0 aliphatic rings. The fraction of sp³-hybridized carbons (Fsp3) is 0.529. The van der Waals surface area contributed by atoms with Gasteiger partial charge in [-0.1, -0.05) is 30.3 Å². The summed E-state index contributed by atoms with van der Waals surface area (Å²) in [6.07, 6.45) is 4.46. The summed E-state index contributed by atoms with van der Waals surface area (Å²) < 4.78 is 27.5. The summed E-state index contributed by atoms with van der Waals surface area (Å²) in [5.41, 5.74) is 2.66. The summed E-state index contributed by atoms with van der Waals surface area (Å²) in [5, 5.41) is 2.62. The summed E-state index contributed by atoms with van der Waals surface area (Å²) in [5.74, 6) is 5.14. The van der Waals surface area contributed by atoms with Crippen LogP contribution < -0.4 is 21.3 Å². The van der Waals surface area contributed by atoms with E-state index in [1.54, 1.807) is 30.3 Å². The molecule has 28 heavy (non-hydrogen) atoms. The smallest absolute Gasteiger partial charge is 0.256 e. The van der Waals surface area contributed by atoms with Crippen LogP contribution in [0.1, 0.15) is 18.4 Å². The number of carbonyl (C=O) groups is 2. The molecule has 0 saturated heterocycles. The third kappa shape index (κ3) is 9.28. The van der Waals surface area contributed by atoms with Gasteiger partial charge in [0.25, 0.3) is 5.91 Å². The van der Waals surface area contributed by atoms with Gasteiger partial charge in [-0.2, -0.15) is 23.5 Å². The van der Waals surface area contributed by atoms with E-state index in [0.717, 1.165) is 0 Å². The molecule has 5 N–H and O–H groups in total. The SMILES string of the molecule is CSCC[C@H](NC(=O)[C@H](CCSC)NS(=O)(=O)Cc1ccccc1)C(=O)NN. The molecule has 0 bridgehead atoms. The number of nitrogens with one attached hydrogen (secondary N) is 3. The van der Waals surface area contributed by atoms with Crippen LogP contribution in [0.15, 0.2) is 30.3 Å². The Hall–Kier alpha value is -1.27. The summed E-state index contributed by atoms with van der Waals surface area (Å²) in [6, 6.07) is 6.94. The van der Waals surface area contributed by atoms with E-state index in [-0.39, 0.29) is 5.75 Å². The zero-order valence-electron chi connectivity index (χ0n) is 16.0. The molecule has 158 valence electrons. The van der Waals surface area contributed by atoms with Crippen LogP contribution in [0, 0.1) is 0 Å². The molecule has 0 aromatic heterocycles. The van der Waals surface area contributed by atoms with Crippen molar-refractivity contribution in [3.63, 3.8) is 0 Å². The van der Waals surface area contributed by atoms with Crippen molar-refractivity contribution < 1.29 is 18.0 Å². The average molecular weight is 449 g/mol. The second-order valence-corrected chi connectivity index (χ2v) is 9.77. The molecule has 0 fully saturated rings. The normalized spacial score (nSPS) is 13.5. The number of hydrogen-bond donors (Lipinski definition) is 4. The molecule has 2 atom stereocenters. The quantitative estimate of drug-likeness (QED) is 0.196. The Morgan fingerprint density at radius 1 is 1.00 bits per heavy atom. The second-order valence-electron chi connectivity index (χ2n) is 6.05. The maximum Gasteiger partial charge on any atom is 0.256 e. The molecule has 8 nitrogen and oxygen atoms in total. The lowest BCUT2D eigenvalue weighted by Crippen LogP contribution is -2.55. The van der Waals surface area contributed by atoms with E-state index in [0.29, 0.717) is 29.9 Å². The lowest BCUT2D eigenvalue weighted by atomic mass is 10.1. The summed E-state index contributed by atoms with van der Waals surface area (Å²) in [7, 11) is -3.74. The van der Waals surface area contributed by atoms with E-state index in [2.05, 4.69) is 10.0 Å². The summed E-state index contributed by atoms with van der Waals surface area (Å²) in [6.45, 7) is 0. The van der Waals surface area contributed by atoms with E-state index in [1.165, 1.54) is 23.5 Å². The summed E-state index contributed by atoms with van der Waals surface area (Å²) >= 11 is 3.03. The number of benzene rings is 1. The van der Waals surface area contributed by atoms with Gasteiger partial charge in [-0.05, 0) is 42.4 Å². The van der Waals surface area contributed by atoms with Gasteiger partial charge in [0.05, 0.1) is 5.75 Å². The Bertz CT molecular complexity index is 716. The van der Waals surface area contributed by atoms with E-state index in [1.807, 2.05) is 17.9 Å². The lowest BCUT2D eigenvalue weighted by Gasteiger charge is -2.22. The van der Waals surface area contributed by atoms with Gasteiger partial charge in [0.1, 0.15) is 12.1 Å². The van der Waals surface area contributed by atoms with Crippen LogP contribution in [-0.4, -0.2) is 56.3 Å². The van der Waals surface area contributed by atoms with Crippen LogP contribution in [0.2, 0.25) is 0 Å². The number of hydrazine groups is 1. The van der Waals surface area contributed by atoms with Crippen molar-refractivity contribution in [3.8, 4) is 0 Å². The van der Waals surface area contributed by atoms with Crippen molar-refractivity contribution in [2.75, 3.05) is 24.0 Å². The van der Waals surface area contributed by atoms with Crippen LogP contribution in [0.4, 0.5) is 0 Å². The molecule has 0 unspecified atom stereocenters. The first-order valence-corrected chi connectivity index (χ1v) is 13.1. The largest absolute Gasteiger partial charge is 0.343 e. The molecular formula is C17H28N4O4S3. The molecule has 0 radical (unpaired) electrons. The van der Waals surface area contributed by atoms with Crippen molar-refractivity contribution >= 4 is 45.4 Å². The van der Waals surface area contributed by atoms with Crippen LogP contribution in [-0.2, 0) is 25.4 Å². The third-order valence-electron chi connectivity index (χ3n) is 3.83. The Balaban J connectivity index is 2.86. The van der Waals surface area contributed by atoms with Crippen LogP contribution in [0.5, 0.6) is 0 Å². The minimum Gasteiger partial charge on any atom is -0.343 e. The number of hydrogen-bond acceptors (Lipinski definition) is 7. The first-order valence-electron chi connectivity index (χ1n) is 8.65. The highest BCUT2D eigenvalue weighted by atomic mass is 32.2. The van der Waals surface area contributed by atoms with E-state index in [4.69, 9.17) is 5.84 Å². The van der Waals surface area contributed by atoms with Gasteiger partial charge in [0.15, 0.2) is 0 Å².